The zero-order valence-corrected chi connectivity index (χ0v) is 22.5. The lowest BCUT2D eigenvalue weighted by Crippen LogP contribution is -2.35. The molecular formula is C28H36FN5O3S. The SMILES string of the molecule is O=C(Nc1ccc(OCF)c(N2CCC3(CC3)C2)n1)c1ccc(NSCCO)cc1N1CCC2(CC1)CC2. The monoisotopic (exact) mass is 541 g/mol. The highest BCUT2D eigenvalue weighted by atomic mass is 32.2. The van der Waals surface area contributed by atoms with Crippen LogP contribution in [0.1, 0.15) is 55.3 Å². The summed E-state index contributed by atoms with van der Waals surface area (Å²) in [7, 11) is 0. The number of hydrogen-bond donors (Lipinski definition) is 3. The molecule has 6 rings (SSSR count). The van der Waals surface area contributed by atoms with Crippen LogP contribution < -0.4 is 24.6 Å². The molecule has 0 bridgehead atoms. The highest BCUT2D eigenvalue weighted by Gasteiger charge is 2.48. The van der Waals surface area contributed by atoms with E-state index in [-0.39, 0.29) is 12.5 Å². The van der Waals surface area contributed by atoms with Crippen LogP contribution in [-0.2, 0) is 0 Å². The number of anilines is 4. The molecule has 1 amide bonds. The predicted octanol–water partition coefficient (Wildman–Crippen LogP) is 5.06. The van der Waals surface area contributed by atoms with E-state index in [0.29, 0.717) is 39.5 Å². The fourth-order valence-corrected chi connectivity index (χ4v) is 6.40. The molecule has 4 fully saturated rings. The summed E-state index contributed by atoms with van der Waals surface area (Å²) in [6.07, 6.45) is 8.51. The van der Waals surface area contributed by atoms with Crippen LogP contribution >= 0.6 is 11.9 Å². The molecule has 2 aliphatic carbocycles. The van der Waals surface area contributed by atoms with Crippen molar-refractivity contribution >= 4 is 40.9 Å². The molecule has 0 radical (unpaired) electrons. The van der Waals surface area contributed by atoms with E-state index in [1.807, 2.05) is 18.2 Å². The zero-order chi connectivity index (χ0) is 26.2. The fourth-order valence-electron chi connectivity index (χ4n) is 5.92. The lowest BCUT2D eigenvalue weighted by atomic mass is 9.93. The van der Waals surface area contributed by atoms with Gasteiger partial charge in [-0.2, -0.15) is 0 Å². The molecule has 10 heteroatoms. The van der Waals surface area contributed by atoms with Crippen LogP contribution in [0.5, 0.6) is 5.75 Å². The van der Waals surface area contributed by atoms with Crippen LogP contribution in [0.2, 0.25) is 0 Å². The summed E-state index contributed by atoms with van der Waals surface area (Å²) in [5.41, 5.74) is 3.31. The van der Waals surface area contributed by atoms with Crippen molar-refractivity contribution in [1.82, 2.24) is 4.98 Å². The van der Waals surface area contributed by atoms with E-state index in [1.165, 1.54) is 37.6 Å². The molecule has 2 aliphatic heterocycles. The average molecular weight is 542 g/mol. The second-order valence-electron chi connectivity index (χ2n) is 11.3. The fraction of sp³-hybridized carbons (Fsp3) is 0.571. The average Bonchev–Trinajstić information content (AvgIpc) is 3.83. The van der Waals surface area contributed by atoms with Gasteiger partial charge in [-0.25, -0.2) is 9.37 Å². The van der Waals surface area contributed by atoms with Crippen molar-refractivity contribution in [3.63, 3.8) is 0 Å². The third kappa shape index (κ3) is 5.38. The minimum Gasteiger partial charge on any atom is -0.459 e. The second kappa shape index (κ2) is 10.4. The molecule has 4 aliphatic rings. The number of aromatic nitrogens is 1. The maximum atomic E-state index is 13.6. The number of nitrogens with zero attached hydrogens (tertiary/aromatic N) is 3. The summed E-state index contributed by atoms with van der Waals surface area (Å²) >= 11 is 1.44. The van der Waals surface area contributed by atoms with Crippen molar-refractivity contribution in [1.29, 1.82) is 0 Å². The number of rotatable bonds is 10. The molecule has 1 aromatic carbocycles. The summed E-state index contributed by atoms with van der Waals surface area (Å²) in [6, 6.07) is 9.15. The quantitative estimate of drug-likeness (QED) is 0.284. The Hall–Kier alpha value is -2.72. The third-order valence-electron chi connectivity index (χ3n) is 8.73. The largest absolute Gasteiger partial charge is 0.459 e. The van der Waals surface area contributed by atoms with Crippen molar-refractivity contribution in [2.45, 2.75) is 44.9 Å². The number of aliphatic hydroxyl groups is 1. The van der Waals surface area contributed by atoms with Gasteiger partial charge in [0.1, 0.15) is 5.82 Å². The Morgan fingerprint density at radius 3 is 2.45 bits per heavy atom. The number of nitrogens with one attached hydrogen (secondary N) is 2. The number of amides is 1. The number of benzene rings is 1. The molecule has 38 heavy (non-hydrogen) atoms. The van der Waals surface area contributed by atoms with E-state index >= 15 is 0 Å². The van der Waals surface area contributed by atoms with Crippen LogP contribution in [0, 0.1) is 10.8 Å². The number of ether oxygens (including phenoxy) is 1. The number of alkyl halides is 1. The molecule has 3 N–H and O–H groups in total. The number of piperidine rings is 1. The first-order chi connectivity index (χ1) is 18.5. The Morgan fingerprint density at radius 1 is 1.03 bits per heavy atom. The van der Waals surface area contributed by atoms with Crippen molar-refractivity contribution in [3.8, 4) is 5.75 Å². The predicted molar refractivity (Wildman–Crippen MR) is 150 cm³/mol. The molecule has 2 spiro atoms. The van der Waals surface area contributed by atoms with Gasteiger partial charge in [0.05, 0.1) is 17.9 Å². The van der Waals surface area contributed by atoms with Gasteiger partial charge in [0.25, 0.3) is 5.91 Å². The Morgan fingerprint density at radius 2 is 1.76 bits per heavy atom. The highest BCUT2D eigenvalue weighted by molar-refractivity contribution is 8.00. The maximum Gasteiger partial charge on any atom is 0.258 e. The molecule has 8 nitrogen and oxygen atoms in total. The summed E-state index contributed by atoms with van der Waals surface area (Å²) < 4.78 is 21.6. The van der Waals surface area contributed by atoms with Gasteiger partial charge >= 0.3 is 0 Å². The number of carbonyl (C=O) groups is 1. The third-order valence-corrected chi connectivity index (χ3v) is 9.50. The molecule has 3 heterocycles. The van der Waals surface area contributed by atoms with Gasteiger partial charge in [0.15, 0.2) is 11.6 Å². The number of halogens is 1. The molecule has 2 saturated carbocycles. The number of aliphatic hydroxyl groups excluding tert-OH is 1. The minimum atomic E-state index is -0.920. The van der Waals surface area contributed by atoms with E-state index in [9.17, 15) is 9.18 Å². The second-order valence-corrected chi connectivity index (χ2v) is 12.2. The molecule has 0 unspecified atom stereocenters. The van der Waals surface area contributed by atoms with E-state index < -0.39 is 6.86 Å². The summed E-state index contributed by atoms with van der Waals surface area (Å²) in [6.45, 7) is 2.79. The van der Waals surface area contributed by atoms with Crippen LogP contribution in [0.25, 0.3) is 0 Å². The molecule has 0 atom stereocenters. The van der Waals surface area contributed by atoms with Crippen molar-refractivity contribution in [3.05, 3.63) is 35.9 Å². The lowest BCUT2D eigenvalue weighted by Gasteiger charge is -2.35. The zero-order valence-electron chi connectivity index (χ0n) is 21.7. The van der Waals surface area contributed by atoms with Gasteiger partial charge in [-0.05, 0) is 86.1 Å². The van der Waals surface area contributed by atoms with Crippen LogP contribution in [0.4, 0.5) is 27.4 Å². The number of hydrogen-bond acceptors (Lipinski definition) is 8. The van der Waals surface area contributed by atoms with E-state index in [0.717, 1.165) is 56.8 Å². The molecule has 1 aromatic heterocycles. The summed E-state index contributed by atoms with van der Waals surface area (Å²) in [5.74, 6) is 1.78. The van der Waals surface area contributed by atoms with Crippen molar-refractivity contribution < 1.29 is 19.0 Å². The summed E-state index contributed by atoms with van der Waals surface area (Å²) in [5, 5.41) is 12.1. The molecule has 2 saturated heterocycles. The van der Waals surface area contributed by atoms with Gasteiger partial charge < -0.3 is 29.7 Å². The first kappa shape index (κ1) is 25.6. The lowest BCUT2D eigenvalue weighted by molar-refractivity contribution is 0.102. The Balaban J connectivity index is 1.23. The smallest absolute Gasteiger partial charge is 0.258 e. The summed E-state index contributed by atoms with van der Waals surface area (Å²) in [4.78, 5) is 22.8. The van der Waals surface area contributed by atoms with Gasteiger partial charge in [0.2, 0.25) is 6.86 Å². The topological polar surface area (TPSA) is 90.0 Å². The molecule has 2 aromatic rings. The van der Waals surface area contributed by atoms with Gasteiger partial charge in [-0.3, -0.25) is 4.79 Å². The van der Waals surface area contributed by atoms with Gasteiger partial charge in [-0.1, -0.05) is 11.9 Å². The normalized spacial score (nSPS) is 20.6. The first-order valence-electron chi connectivity index (χ1n) is 13.7. The van der Waals surface area contributed by atoms with Crippen molar-refractivity contribution in [2.75, 3.05) is 65.2 Å². The molecule has 204 valence electrons. The van der Waals surface area contributed by atoms with Crippen LogP contribution in [0.15, 0.2) is 30.3 Å². The van der Waals surface area contributed by atoms with Crippen LogP contribution in [-0.4, -0.2) is 61.4 Å². The Labute approximate surface area is 227 Å². The molecular weight excluding hydrogens is 505 g/mol. The Kier molecular flexibility index (Phi) is 7.03. The highest BCUT2D eigenvalue weighted by Crippen LogP contribution is 2.55. The van der Waals surface area contributed by atoms with E-state index in [1.54, 1.807) is 12.1 Å². The standard InChI is InChI=1S/C28H36FN5O3S/c29-19-37-23-3-4-24(30-25(23)34-14-11-28(18-34)7-8-28)31-26(36)21-2-1-20(32-38-16-15-35)17-22(21)33-12-9-27(5-6-27)10-13-33/h1-4,17,32,35H,5-16,18-19H2,(H,30,31,36). The van der Waals surface area contributed by atoms with Crippen LogP contribution in [0.3, 0.4) is 0 Å². The van der Waals surface area contributed by atoms with Gasteiger partial charge in [0, 0.05) is 37.6 Å². The first-order valence-corrected chi connectivity index (χ1v) is 14.6. The maximum absolute atomic E-state index is 13.6. The van der Waals surface area contributed by atoms with Gasteiger partial charge in [-0.15, -0.1) is 0 Å². The minimum absolute atomic E-state index is 0.0990. The van der Waals surface area contributed by atoms with Crippen molar-refractivity contribution in [2.24, 2.45) is 10.8 Å². The number of carbonyl (C=O) groups excluding carboxylic acids is 1. The van der Waals surface area contributed by atoms with E-state index in [2.05, 4.69) is 19.8 Å². The van der Waals surface area contributed by atoms with E-state index in [4.69, 9.17) is 14.8 Å². The Bertz CT molecular complexity index is 1180. The number of pyridine rings is 1.